The molecule has 0 spiro atoms. The van der Waals surface area contributed by atoms with Crippen LogP contribution in [0.2, 0.25) is 0 Å². The number of halogens is 1. The highest BCUT2D eigenvalue weighted by Crippen LogP contribution is 2.28. The predicted molar refractivity (Wildman–Crippen MR) is 134 cm³/mol. The minimum atomic E-state index is -4.05. The molecule has 196 valence electrons. The molecule has 2 amide bonds. The van der Waals surface area contributed by atoms with Crippen molar-refractivity contribution >= 4 is 33.2 Å². The van der Waals surface area contributed by atoms with Gasteiger partial charge in [0.15, 0.2) is 0 Å². The number of nitro benzene ring substituents is 1. The van der Waals surface area contributed by atoms with Gasteiger partial charge in [0, 0.05) is 24.7 Å². The molecule has 2 atom stereocenters. The molecule has 0 saturated heterocycles. The van der Waals surface area contributed by atoms with E-state index in [-0.39, 0.29) is 24.0 Å². The second kappa shape index (κ2) is 11.9. The van der Waals surface area contributed by atoms with Gasteiger partial charge in [-0.2, -0.15) is 0 Å². The molecular weight excluding hydrogens is 491 g/mol. The lowest BCUT2D eigenvalue weighted by Gasteiger charge is -2.32. The molecule has 0 radical (unpaired) electrons. The molecule has 0 heterocycles. The molecule has 2 unspecified atom stereocenters. The molecule has 0 aliphatic rings. The van der Waals surface area contributed by atoms with Crippen LogP contribution in [0.25, 0.3) is 0 Å². The first kappa shape index (κ1) is 28.7. The molecule has 36 heavy (non-hydrogen) atoms. The average Bonchev–Trinajstić information content (AvgIpc) is 2.81. The van der Waals surface area contributed by atoms with Crippen molar-refractivity contribution in [1.29, 1.82) is 0 Å². The van der Waals surface area contributed by atoms with Crippen molar-refractivity contribution < 1.29 is 27.3 Å². The molecule has 0 aliphatic heterocycles. The third-order valence-corrected chi connectivity index (χ3v) is 6.91. The van der Waals surface area contributed by atoms with E-state index in [4.69, 9.17) is 0 Å². The zero-order valence-corrected chi connectivity index (χ0v) is 21.7. The topological polar surface area (TPSA) is 130 Å². The summed E-state index contributed by atoms with van der Waals surface area (Å²) in [6.45, 7) is 6.01. The van der Waals surface area contributed by atoms with Crippen LogP contribution in [0.3, 0.4) is 0 Å². The first-order valence-corrected chi connectivity index (χ1v) is 13.2. The first-order valence-electron chi connectivity index (χ1n) is 11.3. The summed E-state index contributed by atoms with van der Waals surface area (Å²) in [6, 6.07) is 7.97. The zero-order chi connectivity index (χ0) is 27.2. The third kappa shape index (κ3) is 7.48. The van der Waals surface area contributed by atoms with Crippen LogP contribution >= 0.6 is 0 Å². The maximum absolute atomic E-state index is 13.5. The number of amides is 2. The minimum Gasteiger partial charge on any atom is -0.352 e. The van der Waals surface area contributed by atoms with Crippen LogP contribution in [0, 0.1) is 22.9 Å². The van der Waals surface area contributed by atoms with E-state index < -0.39 is 45.2 Å². The fourth-order valence-electron chi connectivity index (χ4n) is 3.41. The average molecular weight is 523 g/mol. The first-order chi connectivity index (χ1) is 16.7. The van der Waals surface area contributed by atoms with Crippen LogP contribution in [0.15, 0.2) is 42.5 Å². The molecule has 0 saturated carbocycles. The quantitative estimate of drug-likeness (QED) is 0.356. The number of aryl methyl sites for hydroxylation is 1. The van der Waals surface area contributed by atoms with Crippen molar-refractivity contribution in [2.24, 2.45) is 0 Å². The van der Waals surface area contributed by atoms with Gasteiger partial charge in [-0.3, -0.25) is 24.0 Å². The molecule has 12 heteroatoms. The van der Waals surface area contributed by atoms with Gasteiger partial charge in [-0.1, -0.05) is 25.1 Å². The molecule has 1 N–H and O–H groups in total. The molecule has 2 aromatic carbocycles. The Morgan fingerprint density at radius 3 is 2.28 bits per heavy atom. The number of nitrogens with one attached hydrogen (secondary N) is 1. The summed E-state index contributed by atoms with van der Waals surface area (Å²) < 4.78 is 39.5. The summed E-state index contributed by atoms with van der Waals surface area (Å²) in [7, 11) is -4.05. The number of sulfonamides is 1. The van der Waals surface area contributed by atoms with Gasteiger partial charge in [-0.15, -0.1) is 0 Å². The minimum absolute atomic E-state index is 0.0153. The number of non-ortho nitro benzene ring substituents is 1. The molecule has 2 aromatic rings. The molecule has 0 aliphatic carbocycles. The summed E-state index contributed by atoms with van der Waals surface area (Å²) in [6.07, 6.45) is 1.56. The van der Waals surface area contributed by atoms with Crippen molar-refractivity contribution in [3.8, 4) is 0 Å². The van der Waals surface area contributed by atoms with E-state index in [2.05, 4.69) is 5.32 Å². The Hall–Kier alpha value is -3.54. The smallest absolute Gasteiger partial charge is 0.271 e. The zero-order valence-electron chi connectivity index (χ0n) is 20.9. The fourth-order valence-corrected chi connectivity index (χ4v) is 4.31. The second-order valence-electron chi connectivity index (χ2n) is 8.64. The van der Waals surface area contributed by atoms with Crippen molar-refractivity contribution in [2.45, 2.75) is 52.7 Å². The maximum Gasteiger partial charge on any atom is 0.271 e. The van der Waals surface area contributed by atoms with Gasteiger partial charge >= 0.3 is 0 Å². The Labute approximate surface area is 210 Å². The summed E-state index contributed by atoms with van der Waals surface area (Å²) >= 11 is 0. The number of benzene rings is 2. The lowest BCUT2D eigenvalue weighted by atomic mass is 10.1. The maximum atomic E-state index is 13.5. The van der Waals surface area contributed by atoms with E-state index in [9.17, 15) is 32.5 Å². The number of nitro groups is 1. The second-order valence-corrected chi connectivity index (χ2v) is 10.5. The standard InChI is InChI=1S/C24H31FN4O6S/c1-6-17(3)26-24(31)18(4)27(14-19-8-10-20(25)11-9-19)23(30)15-28(36(5,34)35)22-13-21(29(32)33)12-7-16(22)2/h7-13,17-18H,6,14-15H2,1-5H3,(H,26,31). The SMILES string of the molecule is CCC(C)NC(=O)C(C)N(Cc1ccc(F)cc1)C(=O)CN(c1cc([N+](=O)[O-])ccc1C)S(C)(=O)=O. The monoisotopic (exact) mass is 522 g/mol. The van der Waals surface area contributed by atoms with E-state index in [1.54, 1.807) is 6.92 Å². The van der Waals surface area contributed by atoms with Crippen LogP contribution in [-0.4, -0.2) is 54.9 Å². The van der Waals surface area contributed by atoms with Crippen molar-refractivity contribution in [3.05, 3.63) is 69.5 Å². The summed E-state index contributed by atoms with van der Waals surface area (Å²) in [5, 5.41) is 14.1. The molecule has 2 rings (SSSR count). The van der Waals surface area contributed by atoms with Crippen LogP contribution in [0.5, 0.6) is 0 Å². The van der Waals surface area contributed by atoms with E-state index in [1.807, 2.05) is 13.8 Å². The van der Waals surface area contributed by atoms with Crippen molar-refractivity contribution in [2.75, 3.05) is 17.1 Å². The molecular formula is C24H31FN4O6S. The van der Waals surface area contributed by atoms with Gasteiger partial charge in [0.1, 0.15) is 18.4 Å². The van der Waals surface area contributed by atoms with Gasteiger partial charge in [0.2, 0.25) is 21.8 Å². The predicted octanol–water partition coefficient (Wildman–Crippen LogP) is 3.14. The number of hydrogen-bond acceptors (Lipinski definition) is 6. The number of anilines is 1. The highest BCUT2D eigenvalue weighted by atomic mass is 32.2. The number of hydrogen-bond donors (Lipinski definition) is 1. The van der Waals surface area contributed by atoms with E-state index in [0.717, 1.165) is 16.6 Å². The van der Waals surface area contributed by atoms with E-state index in [0.29, 0.717) is 17.5 Å². The fraction of sp³-hybridized carbons (Fsp3) is 0.417. The highest BCUT2D eigenvalue weighted by Gasteiger charge is 2.31. The number of rotatable bonds is 11. The lowest BCUT2D eigenvalue weighted by Crippen LogP contribution is -2.52. The summed E-state index contributed by atoms with van der Waals surface area (Å²) in [4.78, 5) is 38.2. The van der Waals surface area contributed by atoms with Crippen molar-refractivity contribution in [1.82, 2.24) is 10.2 Å². The largest absolute Gasteiger partial charge is 0.352 e. The van der Waals surface area contributed by atoms with Gasteiger partial charge < -0.3 is 10.2 Å². The Balaban J connectivity index is 2.47. The van der Waals surface area contributed by atoms with E-state index in [1.165, 1.54) is 48.2 Å². The normalized spacial score (nSPS) is 12.9. The Kier molecular flexibility index (Phi) is 9.51. The summed E-state index contributed by atoms with van der Waals surface area (Å²) in [5.74, 6) is -1.61. The Morgan fingerprint density at radius 2 is 1.75 bits per heavy atom. The van der Waals surface area contributed by atoms with Gasteiger partial charge in [-0.05, 0) is 50.5 Å². The van der Waals surface area contributed by atoms with Gasteiger partial charge in [-0.25, -0.2) is 12.8 Å². The molecule has 0 fully saturated rings. The van der Waals surface area contributed by atoms with Gasteiger partial charge in [0.05, 0.1) is 16.9 Å². The molecule has 0 aromatic heterocycles. The molecule has 0 bridgehead atoms. The van der Waals surface area contributed by atoms with Gasteiger partial charge in [0.25, 0.3) is 5.69 Å². The Morgan fingerprint density at radius 1 is 1.14 bits per heavy atom. The van der Waals surface area contributed by atoms with Crippen LogP contribution in [-0.2, 0) is 26.2 Å². The number of carbonyl (C=O) groups excluding carboxylic acids is 2. The van der Waals surface area contributed by atoms with Crippen molar-refractivity contribution in [3.63, 3.8) is 0 Å². The lowest BCUT2D eigenvalue weighted by molar-refractivity contribution is -0.384. The van der Waals surface area contributed by atoms with Crippen LogP contribution < -0.4 is 9.62 Å². The van der Waals surface area contributed by atoms with E-state index >= 15 is 0 Å². The molecule has 10 nitrogen and oxygen atoms in total. The number of nitrogens with zero attached hydrogens (tertiary/aromatic N) is 3. The highest BCUT2D eigenvalue weighted by molar-refractivity contribution is 7.92. The Bertz CT molecular complexity index is 1220. The number of carbonyl (C=O) groups is 2. The van der Waals surface area contributed by atoms with Crippen LogP contribution in [0.1, 0.15) is 38.3 Å². The third-order valence-electron chi connectivity index (χ3n) is 5.79. The summed E-state index contributed by atoms with van der Waals surface area (Å²) in [5.41, 5.74) is 0.594. The van der Waals surface area contributed by atoms with Crippen LogP contribution in [0.4, 0.5) is 15.8 Å².